The number of furan rings is 1. The minimum absolute atomic E-state index is 0.210. The molecule has 2 aromatic rings. The molecule has 1 amide bonds. The van der Waals surface area contributed by atoms with Gasteiger partial charge in [0.2, 0.25) is 0 Å². The van der Waals surface area contributed by atoms with Crippen LogP contribution in [-0.4, -0.2) is 23.7 Å². The number of aliphatic hydroxyl groups is 1. The Morgan fingerprint density at radius 3 is 2.76 bits per heavy atom. The van der Waals surface area contributed by atoms with Gasteiger partial charge in [-0.25, -0.2) is 0 Å². The molecular weight excluding hydrogens is 270 g/mol. The van der Waals surface area contributed by atoms with Crippen LogP contribution in [0.1, 0.15) is 25.0 Å². The summed E-state index contributed by atoms with van der Waals surface area (Å²) in [5, 5.41) is 12.6. The molecule has 0 aliphatic rings. The van der Waals surface area contributed by atoms with Crippen molar-refractivity contribution < 1.29 is 19.1 Å². The van der Waals surface area contributed by atoms with Crippen LogP contribution in [-0.2, 0) is 4.79 Å². The summed E-state index contributed by atoms with van der Waals surface area (Å²) in [6.45, 7) is 2.06. The van der Waals surface area contributed by atoms with Gasteiger partial charge in [-0.2, -0.15) is 0 Å². The molecule has 1 aromatic carbocycles. The Labute approximate surface area is 123 Å². The summed E-state index contributed by atoms with van der Waals surface area (Å²) in [7, 11) is 0. The van der Waals surface area contributed by atoms with Crippen molar-refractivity contribution in [2.24, 2.45) is 0 Å². The average molecular weight is 289 g/mol. The number of aliphatic hydroxyl groups excluding tert-OH is 1. The summed E-state index contributed by atoms with van der Waals surface area (Å²) in [6, 6.07) is 10.9. The highest BCUT2D eigenvalue weighted by Crippen LogP contribution is 2.16. The lowest BCUT2D eigenvalue weighted by Crippen LogP contribution is -2.37. The van der Waals surface area contributed by atoms with Gasteiger partial charge in [0.15, 0.2) is 6.10 Å². The van der Waals surface area contributed by atoms with Gasteiger partial charge in [0, 0.05) is 12.1 Å². The van der Waals surface area contributed by atoms with E-state index in [9.17, 15) is 9.90 Å². The summed E-state index contributed by atoms with van der Waals surface area (Å²) in [5.74, 6) is 0.442. The highest BCUT2D eigenvalue weighted by molar-refractivity contribution is 5.80. The van der Waals surface area contributed by atoms with E-state index in [1.54, 1.807) is 25.1 Å². The fourth-order valence-corrected chi connectivity index (χ4v) is 1.86. The number of carbonyl (C=O) groups excluding carboxylic acids is 1. The van der Waals surface area contributed by atoms with Crippen LogP contribution in [0.3, 0.4) is 0 Å². The maximum atomic E-state index is 11.9. The van der Waals surface area contributed by atoms with Crippen LogP contribution in [0.2, 0.25) is 0 Å². The van der Waals surface area contributed by atoms with Crippen molar-refractivity contribution in [3.05, 3.63) is 54.5 Å². The van der Waals surface area contributed by atoms with E-state index in [-0.39, 0.29) is 5.91 Å². The normalized spacial score (nSPS) is 13.4. The Hall–Kier alpha value is -2.27. The van der Waals surface area contributed by atoms with Gasteiger partial charge in [0.05, 0.1) is 18.6 Å². The number of nitrogens with one attached hydrogen (secondary N) is 1. The van der Waals surface area contributed by atoms with Crippen molar-refractivity contribution in [1.82, 2.24) is 5.32 Å². The number of ether oxygens (including phenoxy) is 1. The van der Waals surface area contributed by atoms with Crippen molar-refractivity contribution in [2.75, 3.05) is 6.54 Å². The summed E-state index contributed by atoms with van der Waals surface area (Å²) >= 11 is 0. The zero-order valence-corrected chi connectivity index (χ0v) is 11.9. The number of carbonyl (C=O) groups is 1. The molecule has 0 aliphatic carbocycles. The highest BCUT2D eigenvalue weighted by atomic mass is 16.5. The van der Waals surface area contributed by atoms with Crippen LogP contribution >= 0.6 is 0 Å². The summed E-state index contributed by atoms with van der Waals surface area (Å²) < 4.78 is 10.4. The first-order chi connectivity index (χ1) is 10.2. The molecule has 0 saturated carbocycles. The van der Waals surface area contributed by atoms with Crippen LogP contribution in [0, 0.1) is 0 Å². The number of benzene rings is 1. The molecule has 112 valence electrons. The molecule has 2 atom stereocenters. The molecule has 21 heavy (non-hydrogen) atoms. The van der Waals surface area contributed by atoms with E-state index in [1.165, 1.54) is 12.5 Å². The molecule has 5 nitrogen and oxygen atoms in total. The Bertz CT molecular complexity index is 539. The second kappa shape index (κ2) is 7.50. The standard InChI is InChI=1S/C16H19NO4/c1-12(21-14-5-3-2-4-6-14)16(19)17-9-7-15(18)13-8-10-20-11-13/h2-6,8,10-12,15,18H,7,9H2,1H3,(H,17,19)/t12-,15-/m1/s1. The fraction of sp³-hybridized carbons (Fsp3) is 0.312. The fourth-order valence-electron chi connectivity index (χ4n) is 1.86. The average Bonchev–Trinajstić information content (AvgIpc) is 3.02. The molecule has 0 unspecified atom stereocenters. The topological polar surface area (TPSA) is 71.7 Å². The van der Waals surface area contributed by atoms with Crippen LogP contribution in [0.5, 0.6) is 5.75 Å². The van der Waals surface area contributed by atoms with E-state index in [1.807, 2.05) is 18.2 Å². The Balaban J connectivity index is 1.71. The maximum absolute atomic E-state index is 11.9. The molecule has 0 radical (unpaired) electrons. The third-order valence-electron chi connectivity index (χ3n) is 3.07. The smallest absolute Gasteiger partial charge is 0.260 e. The first-order valence-corrected chi connectivity index (χ1v) is 6.86. The molecule has 1 aromatic heterocycles. The van der Waals surface area contributed by atoms with Crippen LogP contribution < -0.4 is 10.1 Å². The van der Waals surface area contributed by atoms with Crippen molar-refractivity contribution in [2.45, 2.75) is 25.6 Å². The lowest BCUT2D eigenvalue weighted by Gasteiger charge is -2.15. The lowest BCUT2D eigenvalue weighted by atomic mass is 10.1. The number of hydrogen-bond acceptors (Lipinski definition) is 4. The van der Waals surface area contributed by atoms with Crippen LogP contribution in [0.15, 0.2) is 53.3 Å². The van der Waals surface area contributed by atoms with Gasteiger partial charge in [-0.05, 0) is 31.5 Å². The van der Waals surface area contributed by atoms with E-state index < -0.39 is 12.2 Å². The summed E-state index contributed by atoms with van der Waals surface area (Å²) in [5.41, 5.74) is 0.706. The van der Waals surface area contributed by atoms with Crippen molar-refractivity contribution >= 4 is 5.91 Å². The minimum Gasteiger partial charge on any atom is -0.481 e. The predicted octanol–water partition coefficient (Wildman–Crippen LogP) is 2.29. The zero-order chi connectivity index (χ0) is 15.1. The first kappa shape index (κ1) is 15.1. The van der Waals surface area contributed by atoms with E-state index in [4.69, 9.17) is 9.15 Å². The van der Waals surface area contributed by atoms with E-state index in [0.717, 1.165) is 0 Å². The van der Waals surface area contributed by atoms with Crippen LogP contribution in [0.25, 0.3) is 0 Å². The lowest BCUT2D eigenvalue weighted by molar-refractivity contribution is -0.127. The molecule has 5 heteroatoms. The largest absolute Gasteiger partial charge is 0.481 e. The minimum atomic E-state index is -0.644. The van der Waals surface area contributed by atoms with Gasteiger partial charge in [0.25, 0.3) is 5.91 Å². The third-order valence-corrected chi connectivity index (χ3v) is 3.07. The zero-order valence-electron chi connectivity index (χ0n) is 11.9. The quantitative estimate of drug-likeness (QED) is 0.820. The second-order valence-electron chi connectivity index (χ2n) is 4.73. The van der Waals surface area contributed by atoms with Gasteiger partial charge in [0.1, 0.15) is 5.75 Å². The van der Waals surface area contributed by atoms with Crippen molar-refractivity contribution in [3.8, 4) is 5.75 Å². The van der Waals surface area contributed by atoms with Gasteiger partial charge in [-0.1, -0.05) is 18.2 Å². The predicted molar refractivity (Wildman–Crippen MR) is 77.8 cm³/mol. The van der Waals surface area contributed by atoms with Gasteiger partial charge >= 0.3 is 0 Å². The van der Waals surface area contributed by atoms with Gasteiger partial charge in [-0.15, -0.1) is 0 Å². The molecule has 2 N–H and O–H groups in total. The molecule has 0 bridgehead atoms. The number of hydrogen-bond donors (Lipinski definition) is 2. The van der Waals surface area contributed by atoms with Gasteiger partial charge < -0.3 is 19.6 Å². The van der Waals surface area contributed by atoms with Crippen molar-refractivity contribution in [1.29, 1.82) is 0 Å². The monoisotopic (exact) mass is 289 g/mol. The van der Waals surface area contributed by atoms with E-state index >= 15 is 0 Å². The number of para-hydroxylation sites is 1. The first-order valence-electron chi connectivity index (χ1n) is 6.86. The van der Waals surface area contributed by atoms with E-state index in [2.05, 4.69) is 5.32 Å². The van der Waals surface area contributed by atoms with Gasteiger partial charge in [-0.3, -0.25) is 4.79 Å². The Morgan fingerprint density at radius 2 is 2.10 bits per heavy atom. The van der Waals surface area contributed by atoms with E-state index in [0.29, 0.717) is 24.3 Å². The molecule has 1 heterocycles. The molecule has 0 spiro atoms. The molecule has 2 rings (SSSR count). The summed E-state index contributed by atoms with van der Waals surface area (Å²) in [4.78, 5) is 11.9. The SMILES string of the molecule is C[C@@H](Oc1ccccc1)C(=O)NCC[C@@H](O)c1ccoc1. The number of rotatable bonds is 7. The highest BCUT2D eigenvalue weighted by Gasteiger charge is 2.15. The Kier molecular flexibility index (Phi) is 5.40. The molecule has 0 saturated heterocycles. The molecular formula is C16H19NO4. The second-order valence-corrected chi connectivity index (χ2v) is 4.73. The maximum Gasteiger partial charge on any atom is 0.260 e. The van der Waals surface area contributed by atoms with Crippen molar-refractivity contribution in [3.63, 3.8) is 0 Å². The molecule has 0 aliphatic heterocycles. The molecule has 0 fully saturated rings. The third kappa shape index (κ3) is 4.65. The van der Waals surface area contributed by atoms with Crippen LogP contribution in [0.4, 0.5) is 0 Å². The summed E-state index contributed by atoms with van der Waals surface area (Å²) in [6.07, 6.45) is 2.19. The Morgan fingerprint density at radius 1 is 1.33 bits per heavy atom. The number of amides is 1.